The Kier molecular flexibility index (Phi) is 5.53. The number of pyridine rings is 1. The standard InChI is InChI=1S/C19H18N4O6/c1-3-15(18(25)29-4-2)22-17(24)14-9-6-10-20-16(14)21(19(22)26)12-7-5-8-13(11-12)23(27)28/h5-11,15H,3-4H2,1-2H3. The van der Waals surface area contributed by atoms with E-state index >= 15 is 0 Å². The topological polar surface area (TPSA) is 126 Å². The number of carbonyl (C=O) groups is 1. The average molecular weight is 398 g/mol. The van der Waals surface area contributed by atoms with Gasteiger partial charge in [-0.15, -0.1) is 0 Å². The summed E-state index contributed by atoms with van der Waals surface area (Å²) in [7, 11) is 0. The molecule has 0 amide bonds. The molecular formula is C19H18N4O6. The lowest BCUT2D eigenvalue weighted by molar-refractivity contribution is -0.384. The first-order valence-electron chi connectivity index (χ1n) is 8.94. The molecule has 0 spiro atoms. The monoisotopic (exact) mass is 398 g/mol. The van der Waals surface area contributed by atoms with Crippen molar-refractivity contribution in [1.82, 2.24) is 14.1 Å². The Morgan fingerprint density at radius 2 is 2.00 bits per heavy atom. The highest BCUT2D eigenvalue weighted by molar-refractivity contribution is 5.78. The van der Waals surface area contributed by atoms with Crippen LogP contribution < -0.4 is 11.2 Å². The average Bonchev–Trinajstić information content (AvgIpc) is 2.71. The van der Waals surface area contributed by atoms with E-state index in [1.807, 2.05) is 0 Å². The predicted octanol–water partition coefficient (Wildman–Crippen LogP) is 1.97. The first kappa shape index (κ1) is 19.9. The van der Waals surface area contributed by atoms with Crippen molar-refractivity contribution >= 4 is 22.7 Å². The third kappa shape index (κ3) is 3.51. The number of hydrogen-bond acceptors (Lipinski definition) is 7. The fourth-order valence-corrected chi connectivity index (χ4v) is 3.10. The van der Waals surface area contributed by atoms with Crippen LogP contribution >= 0.6 is 0 Å². The number of benzene rings is 1. The fourth-order valence-electron chi connectivity index (χ4n) is 3.10. The van der Waals surface area contributed by atoms with Gasteiger partial charge in [0.25, 0.3) is 11.2 Å². The number of carbonyl (C=O) groups excluding carboxylic acids is 1. The number of ether oxygens (including phenoxy) is 1. The summed E-state index contributed by atoms with van der Waals surface area (Å²) in [5.74, 6) is -0.706. The molecule has 0 bridgehead atoms. The maximum Gasteiger partial charge on any atom is 0.338 e. The van der Waals surface area contributed by atoms with E-state index < -0.39 is 28.2 Å². The van der Waals surface area contributed by atoms with E-state index in [0.29, 0.717) is 0 Å². The zero-order valence-corrected chi connectivity index (χ0v) is 15.8. The smallest absolute Gasteiger partial charge is 0.338 e. The number of nitro groups is 1. The van der Waals surface area contributed by atoms with Crippen molar-refractivity contribution in [3.05, 3.63) is 73.5 Å². The summed E-state index contributed by atoms with van der Waals surface area (Å²) in [6.45, 7) is 3.37. The molecule has 10 nitrogen and oxygen atoms in total. The van der Waals surface area contributed by atoms with Gasteiger partial charge in [-0.05, 0) is 31.5 Å². The maximum absolute atomic E-state index is 13.3. The van der Waals surface area contributed by atoms with E-state index in [1.165, 1.54) is 42.6 Å². The van der Waals surface area contributed by atoms with Crippen molar-refractivity contribution in [3.63, 3.8) is 0 Å². The first-order valence-corrected chi connectivity index (χ1v) is 8.94. The van der Waals surface area contributed by atoms with Gasteiger partial charge >= 0.3 is 11.7 Å². The van der Waals surface area contributed by atoms with Gasteiger partial charge < -0.3 is 4.74 Å². The van der Waals surface area contributed by atoms with Gasteiger partial charge in [-0.1, -0.05) is 13.0 Å². The number of fused-ring (bicyclic) bond motifs is 1. The molecule has 3 aromatic rings. The lowest BCUT2D eigenvalue weighted by Crippen LogP contribution is -2.44. The summed E-state index contributed by atoms with van der Waals surface area (Å²) in [6, 6.07) is 7.27. The Morgan fingerprint density at radius 3 is 2.66 bits per heavy atom. The molecule has 0 N–H and O–H groups in total. The van der Waals surface area contributed by atoms with Crippen molar-refractivity contribution in [2.75, 3.05) is 6.61 Å². The van der Waals surface area contributed by atoms with Crippen LogP contribution in [0.1, 0.15) is 26.3 Å². The maximum atomic E-state index is 13.3. The molecular weight excluding hydrogens is 380 g/mol. The van der Waals surface area contributed by atoms with Crippen LogP contribution in [0, 0.1) is 10.1 Å². The van der Waals surface area contributed by atoms with Gasteiger partial charge in [0, 0.05) is 18.3 Å². The van der Waals surface area contributed by atoms with E-state index in [-0.39, 0.29) is 35.4 Å². The predicted molar refractivity (Wildman–Crippen MR) is 104 cm³/mol. The largest absolute Gasteiger partial charge is 0.464 e. The van der Waals surface area contributed by atoms with E-state index in [1.54, 1.807) is 13.8 Å². The zero-order valence-electron chi connectivity index (χ0n) is 15.8. The normalized spacial score (nSPS) is 11.9. The molecule has 10 heteroatoms. The number of nitro benzene ring substituents is 1. The molecule has 1 atom stereocenters. The van der Waals surface area contributed by atoms with Crippen LogP contribution in [0.5, 0.6) is 0 Å². The summed E-state index contributed by atoms with van der Waals surface area (Å²) < 4.78 is 6.92. The fraction of sp³-hybridized carbons (Fsp3) is 0.263. The molecule has 2 aromatic heterocycles. The Morgan fingerprint density at radius 1 is 1.24 bits per heavy atom. The molecule has 3 rings (SSSR count). The van der Waals surface area contributed by atoms with E-state index in [4.69, 9.17) is 4.74 Å². The summed E-state index contributed by atoms with van der Waals surface area (Å²) in [5.41, 5.74) is -1.55. The van der Waals surface area contributed by atoms with Gasteiger partial charge in [-0.25, -0.2) is 23.7 Å². The minimum absolute atomic E-state index is 0.0398. The Labute approximate surface area is 164 Å². The number of nitrogens with zero attached hydrogens (tertiary/aromatic N) is 4. The van der Waals surface area contributed by atoms with Crippen LogP contribution in [-0.2, 0) is 9.53 Å². The number of aromatic nitrogens is 3. The first-order chi connectivity index (χ1) is 13.9. The molecule has 0 fully saturated rings. The third-order valence-electron chi connectivity index (χ3n) is 4.40. The third-order valence-corrected chi connectivity index (χ3v) is 4.40. The molecule has 1 unspecified atom stereocenters. The van der Waals surface area contributed by atoms with Crippen LogP contribution in [-0.4, -0.2) is 31.6 Å². The zero-order chi connectivity index (χ0) is 21.1. The highest BCUT2D eigenvalue weighted by Gasteiger charge is 2.27. The van der Waals surface area contributed by atoms with E-state index in [2.05, 4.69) is 4.98 Å². The quantitative estimate of drug-likeness (QED) is 0.353. The van der Waals surface area contributed by atoms with Crippen molar-refractivity contribution in [2.24, 2.45) is 0 Å². The molecule has 0 aliphatic heterocycles. The van der Waals surface area contributed by atoms with Crippen molar-refractivity contribution in [3.8, 4) is 5.69 Å². The van der Waals surface area contributed by atoms with Crippen molar-refractivity contribution in [2.45, 2.75) is 26.3 Å². The molecule has 1 aromatic carbocycles. The molecule has 2 heterocycles. The van der Waals surface area contributed by atoms with Crippen molar-refractivity contribution < 1.29 is 14.5 Å². The number of rotatable bonds is 6. The lowest BCUT2D eigenvalue weighted by atomic mass is 10.2. The van der Waals surface area contributed by atoms with E-state index in [9.17, 15) is 24.5 Å². The highest BCUT2D eigenvalue weighted by Crippen LogP contribution is 2.19. The molecule has 0 saturated carbocycles. The van der Waals surface area contributed by atoms with Gasteiger partial charge in [-0.2, -0.15) is 0 Å². The van der Waals surface area contributed by atoms with Gasteiger partial charge in [0.15, 0.2) is 5.65 Å². The second-order valence-electron chi connectivity index (χ2n) is 6.12. The summed E-state index contributed by atoms with van der Waals surface area (Å²) in [5, 5.41) is 11.3. The Balaban J connectivity index is 2.41. The number of esters is 1. The summed E-state index contributed by atoms with van der Waals surface area (Å²) in [6.07, 6.45) is 1.55. The van der Waals surface area contributed by atoms with Crippen LogP contribution in [0.4, 0.5) is 5.69 Å². The Hall–Kier alpha value is -3.82. The molecule has 0 radical (unpaired) electrons. The summed E-state index contributed by atoms with van der Waals surface area (Å²) in [4.78, 5) is 53.4. The second-order valence-corrected chi connectivity index (χ2v) is 6.12. The van der Waals surface area contributed by atoms with Gasteiger partial charge in [0.05, 0.1) is 22.6 Å². The van der Waals surface area contributed by atoms with Gasteiger partial charge in [-0.3, -0.25) is 14.9 Å². The van der Waals surface area contributed by atoms with Crippen LogP contribution in [0.2, 0.25) is 0 Å². The van der Waals surface area contributed by atoms with Crippen LogP contribution in [0.15, 0.2) is 52.2 Å². The Bertz CT molecular complexity index is 1210. The minimum Gasteiger partial charge on any atom is -0.464 e. The highest BCUT2D eigenvalue weighted by atomic mass is 16.6. The van der Waals surface area contributed by atoms with Crippen LogP contribution in [0.3, 0.4) is 0 Å². The molecule has 0 aliphatic carbocycles. The number of hydrogen-bond donors (Lipinski definition) is 0. The van der Waals surface area contributed by atoms with Crippen LogP contribution in [0.25, 0.3) is 16.7 Å². The van der Waals surface area contributed by atoms with E-state index in [0.717, 1.165) is 9.13 Å². The molecule has 29 heavy (non-hydrogen) atoms. The van der Waals surface area contributed by atoms with Gasteiger partial charge in [0.2, 0.25) is 0 Å². The lowest BCUT2D eigenvalue weighted by Gasteiger charge is -2.19. The van der Waals surface area contributed by atoms with Crippen molar-refractivity contribution in [1.29, 1.82) is 0 Å². The molecule has 0 aliphatic rings. The minimum atomic E-state index is -1.13. The summed E-state index contributed by atoms with van der Waals surface area (Å²) >= 11 is 0. The number of non-ortho nitro benzene ring substituents is 1. The van der Waals surface area contributed by atoms with Gasteiger partial charge in [0.1, 0.15) is 6.04 Å². The SMILES string of the molecule is CCOC(=O)C(CC)n1c(=O)c2cccnc2n(-c2cccc([N+](=O)[O-])c2)c1=O. The molecule has 0 saturated heterocycles. The second kappa shape index (κ2) is 8.05. The molecule has 150 valence electrons.